The molecule has 16 heteroatoms. The molecule has 4 aromatic carbocycles. The summed E-state index contributed by atoms with van der Waals surface area (Å²) < 4.78 is 21.5. The summed E-state index contributed by atoms with van der Waals surface area (Å²) in [5.74, 6) is 3.67. The first-order chi connectivity index (χ1) is 33.8. The Kier molecular flexibility index (Phi) is 14.1. The lowest BCUT2D eigenvalue weighted by Crippen LogP contribution is -2.42. The number of likely N-dealkylation sites (tertiary alicyclic amines) is 2. The van der Waals surface area contributed by atoms with Crippen molar-refractivity contribution < 1.29 is 37.7 Å². The molecule has 2 aromatic heterocycles. The fraction of sp³-hybridized carbons (Fsp3) is 0.407. The standard InChI is InChI=1S/2C27H30N4O4/c2*1-17-4-7-22(14-18(17)2)31-16-21(15-24(31)32)27(33)30-12-10-20(11-13-30)26-28-25(29-35-26)19-5-8-23(34-3)9-6-19/h2*4-9,14,20-21H,10-13,15-16H2,1-3H3/t2*21-/m10/s1. The van der Waals surface area contributed by atoms with Crippen LogP contribution < -0.4 is 19.3 Å². The van der Waals surface area contributed by atoms with Crippen LogP contribution in [0.5, 0.6) is 11.5 Å². The molecule has 6 aromatic rings. The lowest BCUT2D eigenvalue weighted by atomic mass is 9.95. The molecule has 0 bridgehead atoms. The second kappa shape index (κ2) is 20.7. The molecule has 6 heterocycles. The fourth-order valence-electron chi connectivity index (χ4n) is 9.76. The third kappa shape index (κ3) is 10.3. The van der Waals surface area contributed by atoms with Crippen molar-refractivity contribution in [2.24, 2.45) is 11.8 Å². The predicted molar refractivity (Wildman–Crippen MR) is 262 cm³/mol. The van der Waals surface area contributed by atoms with Crippen molar-refractivity contribution >= 4 is 35.0 Å². The van der Waals surface area contributed by atoms with Crippen molar-refractivity contribution in [2.45, 2.75) is 78.1 Å². The minimum Gasteiger partial charge on any atom is -0.497 e. The molecule has 70 heavy (non-hydrogen) atoms. The number of aromatic nitrogens is 4. The summed E-state index contributed by atoms with van der Waals surface area (Å²) in [4.78, 5) is 68.3. The van der Waals surface area contributed by atoms with E-state index >= 15 is 0 Å². The Balaban J connectivity index is 0.000000174. The first-order valence-electron chi connectivity index (χ1n) is 24.1. The van der Waals surface area contributed by atoms with Crippen molar-refractivity contribution in [3.05, 3.63) is 119 Å². The fourth-order valence-corrected chi connectivity index (χ4v) is 9.76. The largest absolute Gasteiger partial charge is 0.497 e. The lowest BCUT2D eigenvalue weighted by Gasteiger charge is -2.32. The Morgan fingerprint density at radius 1 is 0.529 bits per heavy atom. The van der Waals surface area contributed by atoms with Gasteiger partial charge in [-0.2, -0.15) is 9.97 Å². The highest BCUT2D eigenvalue weighted by atomic mass is 16.5. The van der Waals surface area contributed by atoms with Gasteiger partial charge in [0.25, 0.3) is 0 Å². The van der Waals surface area contributed by atoms with Gasteiger partial charge in [0.1, 0.15) is 11.5 Å². The number of methoxy groups -OCH3 is 2. The maximum absolute atomic E-state index is 13.2. The molecule has 10 rings (SSSR count). The molecule has 0 unspecified atom stereocenters. The Bertz CT molecular complexity index is 2650. The van der Waals surface area contributed by atoms with Crippen molar-refractivity contribution in [3.63, 3.8) is 0 Å². The highest BCUT2D eigenvalue weighted by Crippen LogP contribution is 2.35. The SMILES string of the molecule is COc1ccc(-c2noc(C3CCN(C(=O)[C@@H]4CC(=O)N(c5ccc(C)c(C)c5)C4)CC3)n2)cc1.COc1ccc(-c2noc(C3CCN(C(=O)[C@H]4CC(=O)N(c5ccc(C)c(C)c5)C4)CC3)n2)cc1. The second-order valence-electron chi connectivity index (χ2n) is 18.9. The van der Waals surface area contributed by atoms with Gasteiger partial charge in [-0.1, -0.05) is 22.4 Å². The number of rotatable bonds is 10. The molecular weight excluding hydrogens is 889 g/mol. The third-order valence-electron chi connectivity index (χ3n) is 14.4. The van der Waals surface area contributed by atoms with Crippen LogP contribution in [0.15, 0.2) is 94.0 Å². The molecule has 0 spiro atoms. The molecule has 0 saturated carbocycles. The molecule has 364 valence electrons. The van der Waals surface area contributed by atoms with Gasteiger partial charge in [0.2, 0.25) is 47.1 Å². The first-order valence-corrected chi connectivity index (χ1v) is 24.1. The average molecular weight is 949 g/mol. The van der Waals surface area contributed by atoms with E-state index < -0.39 is 0 Å². The van der Waals surface area contributed by atoms with Gasteiger partial charge in [0, 0.05) is 86.4 Å². The topological polar surface area (TPSA) is 178 Å². The van der Waals surface area contributed by atoms with Gasteiger partial charge in [-0.25, -0.2) is 0 Å². The van der Waals surface area contributed by atoms with Crippen LogP contribution in [0.1, 0.15) is 84.4 Å². The zero-order valence-corrected chi connectivity index (χ0v) is 40.7. The van der Waals surface area contributed by atoms with Gasteiger partial charge >= 0.3 is 0 Å². The molecule has 4 aliphatic rings. The number of ether oxygens (including phenoxy) is 2. The predicted octanol–water partition coefficient (Wildman–Crippen LogP) is 8.24. The number of anilines is 2. The van der Waals surface area contributed by atoms with E-state index in [-0.39, 0.29) is 60.1 Å². The van der Waals surface area contributed by atoms with E-state index in [1.165, 1.54) is 11.1 Å². The Hall–Kier alpha value is -7.36. The van der Waals surface area contributed by atoms with E-state index in [1.54, 1.807) is 24.0 Å². The first kappa shape index (κ1) is 47.7. The van der Waals surface area contributed by atoms with Gasteiger partial charge in [-0.3, -0.25) is 19.2 Å². The normalized spacial score (nSPS) is 18.8. The zero-order chi connectivity index (χ0) is 49.1. The van der Waals surface area contributed by atoms with E-state index in [9.17, 15) is 19.2 Å². The molecule has 0 radical (unpaired) electrons. The van der Waals surface area contributed by atoms with E-state index in [1.807, 2.05) is 109 Å². The van der Waals surface area contributed by atoms with Gasteiger partial charge in [0.05, 0.1) is 26.1 Å². The molecule has 4 saturated heterocycles. The van der Waals surface area contributed by atoms with Crippen molar-refractivity contribution in [1.29, 1.82) is 0 Å². The number of nitrogens with zero attached hydrogens (tertiary/aromatic N) is 8. The maximum Gasteiger partial charge on any atom is 0.230 e. The van der Waals surface area contributed by atoms with Crippen molar-refractivity contribution in [2.75, 3.05) is 63.3 Å². The Morgan fingerprint density at radius 2 is 0.900 bits per heavy atom. The van der Waals surface area contributed by atoms with Gasteiger partial charge in [-0.05, 0) is 148 Å². The van der Waals surface area contributed by atoms with Crippen molar-refractivity contribution in [1.82, 2.24) is 30.1 Å². The lowest BCUT2D eigenvalue weighted by molar-refractivity contribution is -0.137. The number of hydrogen-bond acceptors (Lipinski definition) is 12. The van der Waals surface area contributed by atoms with E-state index in [2.05, 4.69) is 34.1 Å². The van der Waals surface area contributed by atoms with Gasteiger partial charge < -0.3 is 38.1 Å². The molecular formula is C54H60N8O8. The van der Waals surface area contributed by atoms with E-state index in [0.717, 1.165) is 70.8 Å². The van der Waals surface area contributed by atoms with Gasteiger partial charge in [0.15, 0.2) is 0 Å². The minimum absolute atomic E-state index is 0.0124. The van der Waals surface area contributed by atoms with Gasteiger partial charge in [-0.15, -0.1) is 0 Å². The summed E-state index contributed by atoms with van der Waals surface area (Å²) in [6.45, 7) is 11.5. The molecule has 4 fully saturated rings. The molecule has 16 nitrogen and oxygen atoms in total. The van der Waals surface area contributed by atoms with Crippen LogP contribution in [0.2, 0.25) is 0 Å². The van der Waals surface area contributed by atoms with Crippen LogP contribution in [0.3, 0.4) is 0 Å². The maximum atomic E-state index is 13.2. The summed E-state index contributed by atoms with van der Waals surface area (Å²) in [7, 11) is 3.26. The highest BCUT2D eigenvalue weighted by molar-refractivity contribution is 6.01. The smallest absolute Gasteiger partial charge is 0.230 e. The van der Waals surface area contributed by atoms with Crippen molar-refractivity contribution in [3.8, 4) is 34.3 Å². The molecule has 0 aliphatic carbocycles. The van der Waals surface area contributed by atoms with Crippen LogP contribution >= 0.6 is 0 Å². The average Bonchev–Trinajstić information content (AvgIpc) is 4.23. The minimum atomic E-state index is -0.300. The van der Waals surface area contributed by atoms with Crippen LogP contribution in [0.4, 0.5) is 11.4 Å². The zero-order valence-electron chi connectivity index (χ0n) is 40.7. The number of carbonyl (C=O) groups is 4. The summed E-state index contributed by atoms with van der Waals surface area (Å²) in [6.07, 6.45) is 3.57. The molecule has 0 N–H and O–H groups in total. The van der Waals surface area contributed by atoms with E-state index in [0.29, 0.717) is 62.7 Å². The number of benzene rings is 4. The number of carbonyl (C=O) groups excluding carboxylic acids is 4. The molecule has 4 amide bonds. The summed E-state index contributed by atoms with van der Waals surface area (Å²) in [5, 5.41) is 8.28. The summed E-state index contributed by atoms with van der Waals surface area (Å²) in [6, 6.07) is 27.1. The summed E-state index contributed by atoms with van der Waals surface area (Å²) in [5.41, 5.74) is 8.14. The van der Waals surface area contributed by atoms with Crippen LogP contribution in [0.25, 0.3) is 22.8 Å². The number of aryl methyl sites for hydroxylation is 4. The monoisotopic (exact) mass is 948 g/mol. The molecule has 2 atom stereocenters. The van der Waals surface area contributed by atoms with E-state index in [4.69, 9.17) is 18.5 Å². The second-order valence-corrected chi connectivity index (χ2v) is 18.9. The Labute approximate surface area is 407 Å². The quantitative estimate of drug-likeness (QED) is 0.129. The number of hydrogen-bond donors (Lipinski definition) is 0. The molecule has 4 aliphatic heterocycles. The van der Waals surface area contributed by atoms with Crippen LogP contribution in [-0.2, 0) is 19.2 Å². The Morgan fingerprint density at radius 3 is 1.24 bits per heavy atom. The highest BCUT2D eigenvalue weighted by Gasteiger charge is 2.40. The number of amides is 4. The summed E-state index contributed by atoms with van der Waals surface area (Å²) >= 11 is 0. The van der Waals surface area contributed by atoms with Crippen LogP contribution in [0, 0.1) is 39.5 Å². The number of piperidine rings is 2. The van der Waals surface area contributed by atoms with Crippen LogP contribution in [-0.4, -0.2) is 107 Å². The third-order valence-corrected chi connectivity index (χ3v) is 14.4.